The van der Waals surface area contributed by atoms with Crippen LogP contribution in [0.3, 0.4) is 0 Å². The summed E-state index contributed by atoms with van der Waals surface area (Å²) in [5.41, 5.74) is 3.07. The van der Waals surface area contributed by atoms with Gasteiger partial charge in [0.2, 0.25) is 10.0 Å². The predicted octanol–water partition coefficient (Wildman–Crippen LogP) is 1.55. The summed E-state index contributed by atoms with van der Waals surface area (Å²) in [6.07, 6.45) is 1.44. The predicted molar refractivity (Wildman–Crippen MR) is 90.1 cm³/mol. The third-order valence-electron chi connectivity index (χ3n) is 4.50. The Labute approximate surface area is 137 Å². The van der Waals surface area contributed by atoms with Crippen LogP contribution >= 0.6 is 0 Å². The number of sulfonamides is 1. The number of anilines is 1. The van der Waals surface area contributed by atoms with Crippen molar-refractivity contribution in [3.05, 3.63) is 41.7 Å². The van der Waals surface area contributed by atoms with Crippen LogP contribution in [-0.4, -0.2) is 48.7 Å². The number of hydrogen-bond donors (Lipinski definition) is 0. The Morgan fingerprint density at radius 3 is 2.26 bits per heavy atom. The molecule has 1 aromatic heterocycles. The molecule has 0 bridgehead atoms. The second kappa shape index (κ2) is 5.98. The fourth-order valence-corrected chi connectivity index (χ4v) is 4.57. The van der Waals surface area contributed by atoms with Crippen LogP contribution in [0.2, 0.25) is 0 Å². The minimum absolute atomic E-state index is 0.310. The van der Waals surface area contributed by atoms with E-state index in [0.29, 0.717) is 36.8 Å². The van der Waals surface area contributed by atoms with Gasteiger partial charge in [-0.1, -0.05) is 18.2 Å². The quantitative estimate of drug-likeness (QED) is 0.854. The summed E-state index contributed by atoms with van der Waals surface area (Å²) in [5, 5.41) is 4.05. The van der Waals surface area contributed by atoms with Crippen molar-refractivity contribution in [2.24, 2.45) is 7.05 Å². The molecule has 2 heterocycles. The first-order valence-corrected chi connectivity index (χ1v) is 9.14. The zero-order valence-electron chi connectivity index (χ0n) is 13.7. The topological polar surface area (TPSA) is 58.4 Å². The molecule has 7 heteroatoms. The second-order valence-electron chi connectivity index (χ2n) is 5.90. The third kappa shape index (κ3) is 2.86. The molecule has 0 spiro atoms. The van der Waals surface area contributed by atoms with E-state index in [1.165, 1.54) is 17.4 Å². The van der Waals surface area contributed by atoms with Gasteiger partial charge in [-0.25, -0.2) is 8.42 Å². The first-order valence-electron chi connectivity index (χ1n) is 7.70. The Bertz CT molecular complexity index is 805. The minimum atomic E-state index is -3.46. The van der Waals surface area contributed by atoms with Gasteiger partial charge in [-0.3, -0.25) is 4.68 Å². The van der Waals surface area contributed by atoms with E-state index in [4.69, 9.17) is 0 Å². The van der Waals surface area contributed by atoms with Crippen LogP contribution < -0.4 is 4.90 Å². The highest BCUT2D eigenvalue weighted by molar-refractivity contribution is 7.89. The van der Waals surface area contributed by atoms with Crippen molar-refractivity contribution in [2.45, 2.75) is 18.7 Å². The first kappa shape index (κ1) is 16.0. The third-order valence-corrected chi connectivity index (χ3v) is 6.50. The molecule has 1 fully saturated rings. The molecule has 1 aliphatic heterocycles. The summed E-state index contributed by atoms with van der Waals surface area (Å²) in [6, 6.07) is 8.21. The summed E-state index contributed by atoms with van der Waals surface area (Å²) < 4.78 is 28.7. The van der Waals surface area contributed by atoms with Crippen molar-refractivity contribution in [2.75, 3.05) is 31.1 Å². The lowest BCUT2D eigenvalue weighted by Gasteiger charge is -2.36. The van der Waals surface area contributed by atoms with Gasteiger partial charge >= 0.3 is 0 Å². The van der Waals surface area contributed by atoms with E-state index in [-0.39, 0.29) is 0 Å². The number of benzene rings is 1. The lowest BCUT2D eigenvalue weighted by Crippen LogP contribution is -2.48. The van der Waals surface area contributed by atoms with Gasteiger partial charge in [0.05, 0.1) is 11.9 Å². The van der Waals surface area contributed by atoms with Crippen molar-refractivity contribution >= 4 is 15.7 Å². The first-order chi connectivity index (χ1) is 10.9. The Morgan fingerprint density at radius 1 is 1.04 bits per heavy atom. The number of aromatic nitrogens is 2. The molecule has 0 amide bonds. The van der Waals surface area contributed by atoms with E-state index in [9.17, 15) is 8.42 Å². The molecule has 0 atom stereocenters. The highest BCUT2D eigenvalue weighted by Gasteiger charge is 2.31. The van der Waals surface area contributed by atoms with E-state index < -0.39 is 10.0 Å². The molecular formula is C16H22N4O2S. The number of rotatable bonds is 3. The smallest absolute Gasteiger partial charge is 0.246 e. The van der Waals surface area contributed by atoms with Gasteiger partial charge in [-0.05, 0) is 25.5 Å². The Hall–Kier alpha value is -1.86. The molecule has 0 unspecified atom stereocenters. The van der Waals surface area contributed by atoms with Crippen LogP contribution in [0.25, 0.3) is 0 Å². The molecule has 6 nitrogen and oxygen atoms in total. The Kier molecular flexibility index (Phi) is 4.16. The molecule has 1 aliphatic rings. The normalized spacial score (nSPS) is 16.7. The van der Waals surface area contributed by atoms with Gasteiger partial charge in [0.1, 0.15) is 4.90 Å². The van der Waals surface area contributed by atoms with Crippen molar-refractivity contribution in [3.63, 3.8) is 0 Å². The number of aryl methyl sites for hydroxylation is 2. The van der Waals surface area contributed by atoms with Crippen LogP contribution in [0.1, 0.15) is 11.3 Å². The van der Waals surface area contributed by atoms with Crippen molar-refractivity contribution < 1.29 is 8.42 Å². The highest BCUT2D eigenvalue weighted by Crippen LogP contribution is 2.24. The average molecular weight is 334 g/mol. The molecular weight excluding hydrogens is 312 g/mol. The fraction of sp³-hybridized carbons (Fsp3) is 0.438. The van der Waals surface area contributed by atoms with Gasteiger partial charge in [-0.15, -0.1) is 0 Å². The highest BCUT2D eigenvalue weighted by atomic mass is 32.2. The molecule has 0 N–H and O–H groups in total. The maximum atomic E-state index is 12.8. The van der Waals surface area contributed by atoms with Crippen LogP contribution in [0.15, 0.2) is 35.4 Å². The van der Waals surface area contributed by atoms with Crippen LogP contribution in [0.5, 0.6) is 0 Å². The largest absolute Gasteiger partial charge is 0.369 e. The summed E-state index contributed by atoms with van der Waals surface area (Å²) in [7, 11) is -1.71. The molecule has 3 rings (SSSR count). The molecule has 1 saturated heterocycles. The van der Waals surface area contributed by atoms with Crippen LogP contribution in [0, 0.1) is 13.8 Å². The van der Waals surface area contributed by atoms with E-state index >= 15 is 0 Å². The maximum absolute atomic E-state index is 12.8. The number of para-hydroxylation sites is 1. The molecule has 0 aliphatic carbocycles. The zero-order valence-corrected chi connectivity index (χ0v) is 14.5. The number of nitrogens with zero attached hydrogens (tertiary/aromatic N) is 4. The summed E-state index contributed by atoms with van der Waals surface area (Å²) in [4.78, 5) is 2.56. The van der Waals surface area contributed by atoms with Gasteiger partial charge in [0.15, 0.2) is 0 Å². The van der Waals surface area contributed by atoms with E-state index in [0.717, 1.165) is 0 Å². The molecule has 23 heavy (non-hydrogen) atoms. The molecule has 0 radical (unpaired) electrons. The van der Waals surface area contributed by atoms with Crippen LogP contribution in [-0.2, 0) is 17.1 Å². The number of hydrogen-bond acceptors (Lipinski definition) is 4. The summed E-state index contributed by atoms with van der Waals surface area (Å²) in [6.45, 7) is 6.24. The SMILES string of the molecule is Cc1ccccc1N1CCN(S(=O)(=O)c2cnn(C)c2C)CC1. The average Bonchev–Trinajstić information content (AvgIpc) is 2.88. The second-order valence-corrected chi connectivity index (χ2v) is 7.80. The van der Waals surface area contributed by atoms with Crippen molar-refractivity contribution in [1.82, 2.24) is 14.1 Å². The van der Waals surface area contributed by atoms with Gasteiger partial charge in [0, 0.05) is 38.9 Å². The molecule has 124 valence electrons. The lowest BCUT2D eigenvalue weighted by atomic mass is 10.1. The molecule has 2 aromatic rings. The Morgan fingerprint density at radius 2 is 1.70 bits per heavy atom. The van der Waals surface area contributed by atoms with E-state index in [2.05, 4.69) is 29.1 Å². The van der Waals surface area contributed by atoms with Gasteiger partial charge in [0.25, 0.3) is 0 Å². The summed E-state index contributed by atoms with van der Waals surface area (Å²) in [5.74, 6) is 0. The standard InChI is InChI=1S/C16H22N4O2S/c1-13-6-4-5-7-15(13)19-8-10-20(11-9-19)23(21,22)16-12-17-18(3)14(16)2/h4-7,12H,8-11H2,1-3H3. The van der Waals surface area contributed by atoms with Gasteiger partial charge < -0.3 is 4.90 Å². The maximum Gasteiger partial charge on any atom is 0.246 e. The van der Waals surface area contributed by atoms with Crippen molar-refractivity contribution in [3.8, 4) is 0 Å². The fourth-order valence-electron chi connectivity index (χ4n) is 2.96. The Balaban J connectivity index is 1.76. The number of piperazine rings is 1. The summed E-state index contributed by atoms with van der Waals surface area (Å²) >= 11 is 0. The van der Waals surface area contributed by atoms with Crippen LogP contribution in [0.4, 0.5) is 5.69 Å². The zero-order chi connectivity index (χ0) is 16.6. The van der Waals surface area contributed by atoms with E-state index in [1.54, 1.807) is 23.0 Å². The monoisotopic (exact) mass is 334 g/mol. The van der Waals surface area contributed by atoms with Gasteiger partial charge in [-0.2, -0.15) is 9.40 Å². The molecule has 1 aromatic carbocycles. The van der Waals surface area contributed by atoms with Crippen molar-refractivity contribution in [1.29, 1.82) is 0 Å². The minimum Gasteiger partial charge on any atom is -0.369 e. The lowest BCUT2D eigenvalue weighted by molar-refractivity contribution is 0.384. The van der Waals surface area contributed by atoms with E-state index in [1.807, 2.05) is 12.1 Å². The molecule has 0 saturated carbocycles.